The van der Waals surface area contributed by atoms with Crippen molar-refractivity contribution in [1.29, 1.82) is 0 Å². The Kier molecular flexibility index (Phi) is 3.05. The Morgan fingerprint density at radius 3 is 2.88 bits per heavy atom. The zero-order chi connectivity index (χ0) is 11.5. The molecule has 0 fully saturated rings. The largest absolute Gasteiger partial charge is 0.481 e. The van der Waals surface area contributed by atoms with E-state index in [1.807, 2.05) is 24.3 Å². The molecule has 0 aliphatic heterocycles. The van der Waals surface area contributed by atoms with Crippen LogP contribution in [0.2, 0.25) is 0 Å². The molecule has 0 bridgehead atoms. The van der Waals surface area contributed by atoms with Crippen molar-refractivity contribution in [1.82, 2.24) is 9.97 Å². The van der Waals surface area contributed by atoms with Crippen LogP contribution in [0.25, 0.3) is 10.9 Å². The van der Waals surface area contributed by atoms with E-state index in [4.69, 9.17) is 5.11 Å². The smallest absolute Gasteiger partial charge is 0.313 e. The molecule has 16 heavy (non-hydrogen) atoms. The van der Waals surface area contributed by atoms with Gasteiger partial charge in [0.15, 0.2) is 0 Å². The van der Waals surface area contributed by atoms with Gasteiger partial charge in [-0.25, -0.2) is 9.97 Å². The van der Waals surface area contributed by atoms with E-state index in [-0.39, 0.29) is 5.75 Å². The number of hydrogen-bond donors (Lipinski definition) is 1. The number of fused-ring (bicyclic) bond motifs is 1. The number of carbonyl (C=O) groups is 1. The van der Waals surface area contributed by atoms with Crippen LogP contribution in [0.15, 0.2) is 29.3 Å². The highest BCUT2D eigenvalue weighted by atomic mass is 32.2. The first-order chi connectivity index (χ1) is 7.66. The van der Waals surface area contributed by atoms with E-state index >= 15 is 0 Å². The molecule has 5 heteroatoms. The molecular formula is C11H10N2O2S. The molecule has 0 saturated carbocycles. The maximum atomic E-state index is 10.5. The van der Waals surface area contributed by atoms with Crippen LogP contribution < -0.4 is 0 Å². The minimum absolute atomic E-state index is 0.0143. The average Bonchev–Trinajstić information content (AvgIpc) is 2.25. The highest BCUT2D eigenvalue weighted by Crippen LogP contribution is 2.24. The van der Waals surface area contributed by atoms with E-state index < -0.39 is 5.97 Å². The zero-order valence-corrected chi connectivity index (χ0v) is 9.49. The number of carboxylic acid groups (broad SMARTS) is 1. The number of aromatic nitrogens is 2. The number of aliphatic carboxylic acids is 1. The third-order valence-corrected chi connectivity index (χ3v) is 2.99. The van der Waals surface area contributed by atoms with Gasteiger partial charge in [-0.05, 0) is 13.0 Å². The average molecular weight is 234 g/mol. The number of nitrogens with zero attached hydrogens (tertiary/aromatic N) is 2. The molecule has 2 aromatic rings. The molecule has 0 spiro atoms. The lowest BCUT2D eigenvalue weighted by molar-refractivity contribution is -0.133. The van der Waals surface area contributed by atoms with Gasteiger partial charge in [-0.2, -0.15) is 0 Å². The molecule has 1 aromatic heterocycles. The van der Waals surface area contributed by atoms with Gasteiger partial charge in [-0.3, -0.25) is 4.79 Å². The second-order valence-corrected chi connectivity index (χ2v) is 4.24. The van der Waals surface area contributed by atoms with Gasteiger partial charge in [-0.1, -0.05) is 30.0 Å². The summed E-state index contributed by atoms with van der Waals surface area (Å²) in [5, 5.41) is 10.3. The van der Waals surface area contributed by atoms with Crippen molar-refractivity contribution in [2.75, 3.05) is 5.75 Å². The molecule has 0 aliphatic rings. The van der Waals surface area contributed by atoms with E-state index in [9.17, 15) is 4.79 Å². The lowest BCUT2D eigenvalue weighted by atomic mass is 10.2. The van der Waals surface area contributed by atoms with Crippen molar-refractivity contribution in [2.24, 2.45) is 0 Å². The van der Waals surface area contributed by atoms with Gasteiger partial charge in [0.2, 0.25) is 0 Å². The van der Waals surface area contributed by atoms with Crippen molar-refractivity contribution in [3.05, 3.63) is 30.1 Å². The fourth-order valence-corrected chi connectivity index (χ4v) is 2.18. The summed E-state index contributed by atoms with van der Waals surface area (Å²) in [5.41, 5.74) is 0.850. The Labute approximate surface area is 96.7 Å². The van der Waals surface area contributed by atoms with Crippen molar-refractivity contribution in [3.63, 3.8) is 0 Å². The molecule has 0 unspecified atom stereocenters. The normalized spacial score (nSPS) is 10.6. The molecule has 4 nitrogen and oxygen atoms in total. The summed E-state index contributed by atoms with van der Waals surface area (Å²) in [7, 11) is 0. The van der Waals surface area contributed by atoms with Gasteiger partial charge < -0.3 is 5.11 Å². The molecule has 1 aromatic carbocycles. The predicted octanol–water partition coefficient (Wildman–Crippen LogP) is 2.11. The summed E-state index contributed by atoms with van der Waals surface area (Å²) in [4.78, 5) is 19.1. The number of thioether (sulfide) groups is 1. The first-order valence-electron chi connectivity index (χ1n) is 4.75. The minimum Gasteiger partial charge on any atom is -0.481 e. The molecule has 82 valence electrons. The standard InChI is InChI=1S/C11H10N2O2S/c1-7-12-9-5-3-2-4-8(9)11(13-7)16-6-10(14)15/h2-5H,6H2,1H3,(H,14,15). The first kappa shape index (κ1) is 10.9. The van der Waals surface area contributed by atoms with Crippen LogP contribution in [0.5, 0.6) is 0 Å². The molecule has 0 radical (unpaired) electrons. The molecule has 0 saturated heterocycles. The Bertz CT molecular complexity index is 542. The Hall–Kier alpha value is -1.62. The SMILES string of the molecule is Cc1nc(SCC(=O)O)c2ccccc2n1. The predicted molar refractivity (Wildman–Crippen MR) is 62.6 cm³/mol. The molecule has 0 amide bonds. The number of rotatable bonds is 3. The van der Waals surface area contributed by atoms with Gasteiger partial charge in [0, 0.05) is 5.39 Å². The second kappa shape index (κ2) is 4.49. The minimum atomic E-state index is -0.842. The maximum Gasteiger partial charge on any atom is 0.313 e. The Morgan fingerprint density at radius 1 is 1.38 bits per heavy atom. The highest BCUT2D eigenvalue weighted by Gasteiger charge is 2.07. The quantitative estimate of drug-likeness (QED) is 0.651. The fourth-order valence-electron chi connectivity index (χ4n) is 1.40. The summed E-state index contributed by atoms with van der Waals surface area (Å²) in [6.45, 7) is 1.80. The van der Waals surface area contributed by atoms with E-state index in [2.05, 4.69) is 9.97 Å². The van der Waals surface area contributed by atoms with Crippen molar-refractivity contribution >= 4 is 28.6 Å². The molecule has 2 rings (SSSR count). The van der Waals surface area contributed by atoms with E-state index in [0.717, 1.165) is 15.9 Å². The number of para-hydroxylation sites is 1. The summed E-state index contributed by atoms with van der Waals surface area (Å²) in [6, 6.07) is 7.60. The molecule has 1 N–H and O–H groups in total. The molecule has 0 aliphatic carbocycles. The third-order valence-electron chi connectivity index (χ3n) is 2.01. The van der Waals surface area contributed by atoms with Crippen molar-refractivity contribution < 1.29 is 9.90 Å². The summed E-state index contributed by atoms with van der Waals surface area (Å²) in [5.74, 6) is -0.169. The summed E-state index contributed by atoms with van der Waals surface area (Å²) in [6.07, 6.45) is 0. The lowest BCUT2D eigenvalue weighted by Crippen LogP contribution is -2.00. The van der Waals surface area contributed by atoms with Crippen molar-refractivity contribution in [3.8, 4) is 0 Å². The third kappa shape index (κ3) is 2.30. The van der Waals surface area contributed by atoms with Gasteiger partial charge in [0.25, 0.3) is 0 Å². The number of hydrogen-bond acceptors (Lipinski definition) is 4. The van der Waals surface area contributed by atoms with E-state index in [0.29, 0.717) is 5.82 Å². The number of aryl methyl sites for hydroxylation is 1. The summed E-state index contributed by atoms with van der Waals surface area (Å²) >= 11 is 1.22. The van der Waals surface area contributed by atoms with Crippen LogP contribution in [0.3, 0.4) is 0 Å². The Balaban J connectivity index is 2.46. The van der Waals surface area contributed by atoms with Crippen LogP contribution in [0.1, 0.15) is 5.82 Å². The zero-order valence-electron chi connectivity index (χ0n) is 8.67. The molecular weight excluding hydrogens is 224 g/mol. The number of benzene rings is 1. The van der Waals surface area contributed by atoms with Gasteiger partial charge in [0.1, 0.15) is 10.9 Å². The maximum absolute atomic E-state index is 10.5. The molecule has 1 heterocycles. The van der Waals surface area contributed by atoms with Gasteiger partial charge in [-0.15, -0.1) is 0 Å². The van der Waals surface area contributed by atoms with Crippen LogP contribution in [0.4, 0.5) is 0 Å². The summed E-state index contributed by atoms with van der Waals surface area (Å²) < 4.78 is 0. The number of carboxylic acids is 1. The Morgan fingerprint density at radius 2 is 2.12 bits per heavy atom. The van der Waals surface area contributed by atoms with Crippen LogP contribution in [-0.2, 0) is 4.79 Å². The molecule has 0 atom stereocenters. The lowest BCUT2D eigenvalue weighted by Gasteiger charge is -2.04. The van der Waals surface area contributed by atoms with Gasteiger partial charge in [0.05, 0.1) is 11.3 Å². The van der Waals surface area contributed by atoms with Gasteiger partial charge >= 0.3 is 5.97 Å². The van der Waals surface area contributed by atoms with Crippen LogP contribution in [0, 0.1) is 6.92 Å². The fraction of sp³-hybridized carbons (Fsp3) is 0.182. The monoisotopic (exact) mass is 234 g/mol. The van der Waals surface area contributed by atoms with Crippen molar-refractivity contribution in [2.45, 2.75) is 11.9 Å². The second-order valence-electron chi connectivity index (χ2n) is 3.28. The van der Waals surface area contributed by atoms with E-state index in [1.165, 1.54) is 11.8 Å². The van der Waals surface area contributed by atoms with Crippen LogP contribution >= 0.6 is 11.8 Å². The first-order valence-corrected chi connectivity index (χ1v) is 5.73. The van der Waals surface area contributed by atoms with Crippen LogP contribution in [-0.4, -0.2) is 26.8 Å². The highest BCUT2D eigenvalue weighted by molar-refractivity contribution is 8.00. The topological polar surface area (TPSA) is 63.1 Å². The van der Waals surface area contributed by atoms with E-state index in [1.54, 1.807) is 6.92 Å².